The van der Waals surface area contributed by atoms with E-state index in [0.29, 0.717) is 30.1 Å². The molecule has 3 heterocycles. The number of thiophene rings is 1. The quantitative estimate of drug-likeness (QED) is 0.750. The third kappa shape index (κ3) is 1.93. The van der Waals surface area contributed by atoms with Gasteiger partial charge >= 0.3 is 0 Å². The first-order valence-electron chi connectivity index (χ1n) is 6.74. The number of hydrogen-bond acceptors (Lipinski definition) is 4. The molecule has 1 aromatic carbocycles. The molecule has 1 aliphatic rings. The molecule has 3 aromatic rings. The number of hydrogen-bond donors (Lipinski definition) is 1. The van der Waals surface area contributed by atoms with Crippen LogP contribution in [0.5, 0.6) is 11.5 Å². The van der Waals surface area contributed by atoms with E-state index >= 15 is 0 Å². The number of rotatable bonds is 1. The van der Waals surface area contributed by atoms with Gasteiger partial charge in [-0.2, -0.15) is 0 Å². The zero-order valence-electron chi connectivity index (χ0n) is 11.4. The van der Waals surface area contributed by atoms with Crippen LogP contribution in [0.15, 0.2) is 34.4 Å². The monoisotopic (exact) mass is 299 g/mol. The van der Waals surface area contributed by atoms with Gasteiger partial charge in [0, 0.05) is 17.0 Å². The normalized spacial score (nSPS) is 13.6. The van der Waals surface area contributed by atoms with Crippen molar-refractivity contribution in [2.24, 2.45) is 0 Å². The van der Waals surface area contributed by atoms with Crippen molar-refractivity contribution < 1.29 is 9.47 Å². The van der Waals surface area contributed by atoms with Crippen LogP contribution in [-0.2, 0) is 0 Å². The molecule has 0 spiro atoms. The highest BCUT2D eigenvalue weighted by Crippen LogP contribution is 2.34. The fourth-order valence-electron chi connectivity index (χ4n) is 2.59. The van der Waals surface area contributed by atoms with Crippen molar-refractivity contribution in [1.82, 2.24) is 4.98 Å². The van der Waals surface area contributed by atoms with E-state index in [1.54, 1.807) is 17.4 Å². The van der Waals surface area contributed by atoms with Crippen LogP contribution in [0, 0.1) is 6.92 Å². The molecular formula is C16H13NO3S. The number of benzene rings is 1. The summed E-state index contributed by atoms with van der Waals surface area (Å²) in [6.07, 6.45) is 0. The third-order valence-corrected chi connectivity index (χ3v) is 4.56. The summed E-state index contributed by atoms with van der Waals surface area (Å²) in [5.41, 5.74) is 2.41. The zero-order valence-corrected chi connectivity index (χ0v) is 12.3. The number of aromatic amines is 1. The van der Waals surface area contributed by atoms with Gasteiger partial charge in [0.25, 0.3) is 0 Å². The summed E-state index contributed by atoms with van der Waals surface area (Å²) >= 11 is 1.61. The molecule has 1 N–H and O–H groups in total. The minimum absolute atomic E-state index is 0.0316. The number of fused-ring (bicyclic) bond motifs is 2. The van der Waals surface area contributed by atoms with Gasteiger partial charge in [0.2, 0.25) is 0 Å². The maximum atomic E-state index is 12.6. The average molecular weight is 299 g/mol. The van der Waals surface area contributed by atoms with Gasteiger partial charge < -0.3 is 14.5 Å². The van der Waals surface area contributed by atoms with E-state index in [1.165, 1.54) is 0 Å². The zero-order chi connectivity index (χ0) is 14.4. The summed E-state index contributed by atoms with van der Waals surface area (Å²) in [5, 5.41) is 2.64. The summed E-state index contributed by atoms with van der Waals surface area (Å²) in [7, 11) is 0. The van der Waals surface area contributed by atoms with E-state index in [0.717, 1.165) is 21.7 Å². The van der Waals surface area contributed by atoms with Gasteiger partial charge in [-0.1, -0.05) is 6.07 Å². The lowest BCUT2D eigenvalue weighted by Gasteiger charge is -2.19. The second kappa shape index (κ2) is 4.63. The summed E-state index contributed by atoms with van der Waals surface area (Å²) in [5.74, 6) is 1.33. The third-order valence-electron chi connectivity index (χ3n) is 3.67. The van der Waals surface area contributed by atoms with Crippen molar-refractivity contribution in [3.63, 3.8) is 0 Å². The van der Waals surface area contributed by atoms with Gasteiger partial charge in [0.1, 0.15) is 13.2 Å². The molecule has 0 saturated carbocycles. The molecule has 1 aliphatic heterocycles. The first-order chi connectivity index (χ1) is 10.2. The molecule has 0 radical (unpaired) electrons. The predicted octanol–water partition coefficient (Wildman–Crippen LogP) is 3.34. The number of aromatic nitrogens is 1. The van der Waals surface area contributed by atoms with Crippen LogP contribution in [0.2, 0.25) is 0 Å². The van der Waals surface area contributed by atoms with Gasteiger partial charge in [0.05, 0.1) is 16.1 Å². The Balaban J connectivity index is 2.03. The van der Waals surface area contributed by atoms with Crippen molar-refractivity contribution in [2.75, 3.05) is 13.2 Å². The Kier molecular flexibility index (Phi) is 2.75. The maximum absolute atomic E-state index is 12.6. The van der Waals surface area contributed by atoms with Gasteiger partial charge in [-0.3, -0.25) is 4.79 Å². The van der Waals surface area contributed by atoms with Crippen molar-refractivity contribution in [1.29, 1.82) is 0 Å². The second-order valence-corrected chi connectivity index (χ2v) is 5.92. The molecule has 0 bridgehead atoms. The Hall–Kier alpha value is -2.27. The lowest BCUT2D eigenvalue weighted by molar-refractivity contribution is 0.172. The first-order valence-corrected chi connectivity index (χ1v) is 7.62. The highest BCUT2D eigenvalue weighted by molar-refractivity contribution is 7.13. The lowest BCUT2D eigenvalue weighted by atomic mass is 10.1. The van der Waals surface area contributed by atoms with Crippen molar-refractivity contribution in [3.8, 4) is 22.1 Å². The Morgan fingerprint density at radius 1 is 1.19 bits per heavy atom. The minimum Gasteiger partial charge on any atom is -0.486 e. The van der Waals surface area contributed by atoms with E-state index < -0.39 is 0 Å². The van der Waals surface area contributed by atoms with Crippen molar-refractivity contribution >= 4 is 22.2 Å². The molecule has 0 saturated heterocycles. The van der Waals surface area contributed by atoms with Gasteiger partial charge in [-0.15, -0.1) is 11.3 Å². The van der Waals surface area contributed by atoms with Crippen LogP contribution in [0.25, 0.3) is 21.5 Å². The Morgan fingerprint density at radius 3 is 2.67 bits per heavy atom. The van der Waals surface area contributed by atoms with Crippen LogP contribution in [0.3, 0.4) is 0 Å². The highest BCUT2D eigenvalue weighted by Gasteiger charge is 2.17. The van der Waals surface area contributed by atoms with Gasteiger partial charge in [0.15, 0.2) is 16.9 Å². The molecule has 106 valence electrons. The number of H-pyrrole nitrogens is 1. The fourth-order valence-corrected chi connectivity index (χ4v) is 3.37. The van der Waals surface area contributed by atoms with Gasteiger partial charge in [-0.05, 0) is 24.4 Å². The molecule has 0 aliphatic carbocycles. The van der Waals surface area contributed by atoms with E-state index in [9.17, 15) is 4.79 Å². The van der Waals surface area contributed by atoms with Crippen LogP contribution in [0.4, 0.5) is 0 Å². The fraction of sp³-hybridized carbons (Fsp3) is 0.188. The van der Waals surface area contributed by atoms with Crippen molar-refractivity contribution in [2.45, 2.75) is 6.92 Å². The molecule has 0 amide bonds. The summed E-state index contributed by atoms with van der Waals surface area (Å²) in [6.45, 7) is 2.90. The number of pyridine rings is 1. The standard InChI is InChI=1S/C16H13NO3S/c1-9-15(14-3-2-6-21-14)17-11-8-13-12(19-4-5-20-13)7-10(11)16(9)18/h2-3,6-8H,4-5H2,1H3,(H,17,18). The Bertz CT molecular complexity index is 881. The van der Waals surface area contributed by atoms with Crippen LogP contribution in [0.1, 0.15) is 5.56 Å². The second-order valence-electron chi connectivity index (χ2n) is 4.97. The summed E-state index contributed by atoms with van der Waals surface area (Å²) < 4.78 is 11.1. The van der Waals surface area contributed by atoms with E-state index in [-0.39, 0.29) is 5.43 Å². The first kappa shape index (κ1) is 12.5. The molecule has 21 heavy (non-hydrogen) atoms. The van der Waals surface area contributed by atoms with Crippen LogP contribution in [-0.4, -0.2) is 18.2 Å². The molecule has 5 heteroatoms. The minimum atomic E-state index is 0.0316. The molecule has 4 nitrogen and oxygen atoms in total. The highest BCUT2D eigenvalue weighted by atomic mass is 32.1. The lowest BCUT2D eigenvalue weighted by Crippen LogP contribution is -2.16. The van der Waals surface area contributed by atoms with Gasteiger partial charge in [-0.25, -0.2) is 0 Å². The Labute approximate surface area is 125 Å². The SMILES string of the molecule is Cc1c(-c2cccs2)[nH]c2cc3c(cc2c1=O)OCCO3. The molecule has 0 fully saturated rings. The van der Waals surface area contributed by atoms with E-state index in [2.05, 4.69) is 4.98 Å². The molecule has 4 rings (SSSR count). The maximum Gasteiger partial charge on any atom is 0.193 e. The number of nitrogens with one attached hydrogen (secondary N) is 1. The van der Waals surface area contributed by atoms with E-state index in [4.69, 9.17) is 9.47 Å². The van der Waals surface area contributed by atoms with E-state index in [1.807, 2.05) is 30.5 Å². The smallest absolute Gasteiger partial charge is 0.193 e. The van der Waals surface area contributed by atoms with Crippen LogP contribution < -0.4 is 14.9 Å². The summed E-state index contributed by atoms with van der Waals surface area (Å²) in [6, 6.07) is 7.61. The average Bonchev–Trinajstić information content (AvgIpc) is 3.03. The Morgan fingerprint density at radius 2 is 1.95 bits per heavy atom. The molecule has 2 aromatic heterocycles. The molecular weight excluding hydrogens is 286 g/mol. The van der Waals surface area contributed by atoms with Crippen molar-refractivity contribution in [3.05, 3.63) is 45.4 Å². The topological polar surface area (TPSA) is 51.3 Å². The molecule has 0 atom stereocenters. The molecule has 0 unspecified atom stereocenters. The largest absolute Gasteiger partial charge is 0.486 e. The summed E-state index contributed by atoms with van der Waals surface area (Å²) in [4.78, 5) is 17.0. The number of ether oxygens (including phenoxy) is 2. The van der Waals surface area contributed by atoms with Crippen LogP contribution >= 0.6 is 11.3 Å². The predicted molar refractivity (Wildman–Crippen MR) is 83.6 cm³/mol.